The van der Waals surface area contributed by atoms with Gasteiger partial charge in [-0.3, -0.25) is 4.90 Å². The quantitative estimate of drug-likeness (QED) is 0.605. The zero-order chi connectivity index (χ0) is 15.4. The van der Waals surface area contributed by atoms with Gasteiger partial charge in [-0.25, -0.2) is 0 Å². The molecule has 1 aliphatic heterocycles. The summed E-state index contributed by atoms with van der Waals surface area (Å²) in [6.07, 6.45) is 21.7. The summed E-state index contributed by atoms with van der Waals surface area (Å²) < 4.78 is 0. The smallest absolute Gasteiger partial charge is 0.0161 e. The maximum Gasteiger partial charge on any atom is 0.0161 e. The zero-order valence-electron chi connectivity index (χ0n) is 15.3. The first-order valence-electron chi connectivity index (χ1n) is 11.0. The Morgan fingerprint density at radius 1 is 0.783 bits per heavy atom. The van der Waals surface area contributed by atoms with E-state index in [2.05, 4.69) is 11.9 Å². The van der Waals surface area contributed by atoms with E-state index in [1.165, 1.54) is 44.9 Å². The number of hydrogen-bond donors (Lipinski definition) is 0. The molecule has 0 radical (unpaired) electrons. The molecule has 6 unspecified atom stereocenters. The van der Waals surface area contributed by atoms with E-state index in [1.807, 2.05) is 0 Å². The molecule has 0 N–H and O–H groups in total. The summed E-state index contributed by atoms with van der Waals surface area (Å²) in [6, 6.07) is 1.93. The Balaban J connectivity index is 1.53. The molecule has 0 amide bonds. The third-order valence-corrected chi connectivity index (χ3v) is 9.35. The summed E-state index contributed by atoms with van der Waals surface area (Å²) in [5, 5.41) is 0. The van der Waals surface area contributed by atoms with Gasteiger partial charge in [0.15, 0.2) is 0 Å². The van der Waals surface area contributed by atoms with Crippen LogP contribution in [0, 0.1) is 29.1 Å². The van der Waals surface area contributed by atoms with Crippen LogP contribution < -0.4 is 0 Å². The fourth-order valence-corrected chi connectivity index (χ4v) is 8.71. The molecule has 1 heteroatoms. The largest absolute Gasteiger partial charge is 0.299 e. The molecule has 23 heavy (non-hydrogen) atoms. The second kappa shape index (κ2) is 5.75. The highest BCUT2D eigenvalue weighted by atomic mass is 15.2. The Bertz CT molecular complexity index is 439. The fourth-order valence-electron chi connectivity index (χ4n) is 8.71. The number of rotatable bonds is 1. The molecular weight excluding hydrogens is 278 g/mol. The van der Waals surface area contributed by atoms with Crippen LogP contribution in [0.15, 0.2) is 0 Å². The van der Waals surface area contributed by atoms with Gasteiger partial charge in [0, 0.05) is 12.1 Å². The van der Waals surface area contributed by atoms with E-state index in [0.29, 0.717) is 0 Å². The highest BCUT2D eigenvalue weighted by molar-refractivity contribution is 5.17. The lowest BCUT2D eigenvalue weighted by atomic mass is 9.55. The van der Waals surface area contributed by atoms with Crippen molar-refractivity contribution in [3.05, 3.63) is 0 Å². The Hall–Kier alpha value is -0.0400. The SMILES string of the molecule is CN1C2C3CCCCC3CC2C2(C3CCCCC3)CCCCC12. The monoisotopic (exact) mass is 315 g/mol. The third kappa shape index (κ3) is 2.07. The molecule has 6 atom stereocenters. The van der Waals surface area contributed by atoms with Gasteiger partial charge in [0.1, 0.15) is 0 Å². The van der Waals surface area contributed by atoms with Crippen LogP contribution in [0.2, 0.25) is 0 Å². The summed E-state index contributed by atoms with van der Waals surface area (Å²) in [4.78, 5) is 2.98. The highest BCUT2D eigenvalue weighted by Crippen LogP contribution is 2.66. The molecule has 0 aromatic rings. The van der Waals surface area contributed by atoms with Crippen LogP contribution in [0.5, 0.6) is 0 Å². The zero-order valence-corrected chi connectivity index (χ0v) is 15.3. The molecule has 130 valence electrons. The Morgan fingerprint density at radius 3 is 2.39 bits per heavy atom. The average molecular weight is 316 g/mol. The van der Waals surface area contributed by atoms with Gasteiger partial charge in [-0.2, -0.15) is 0 Å². The summed E-state index contributed by atoms with van der Waals surface area (Å²) in [7, 11) is 2.55. The van der Waals surface area contributed by atoms with E-state index in [9.17, 15) is 0 Å². The molecule has 1 nitrogen and oxygen atoms in total. The molecule has 1 saturated heterocycles. The lowest BCUT2D eigenvalue weighted by Gasteiger charge is -2.51. The van der Waals surface area contributed by atoms with Gasteiger partial charge in [-0.1, -0.05) is 51.4 Å². The summed E-state index contributed by atoms with van der Waals surface area (Å²) in [5.74, 6) is 4.34. The van der Waals surface area contributed by atoms with Gasteiger partial charge in [0.2, 0.25) is 0 Å². The third-order valence-electron chi connectivity index (χ3n) is 9.35. The lowest BCUT2D eigenvalue weighted by Crippen LogP contribution is -2.49. The first-order chi connectivity index (χ1) is 11.3. The minimum atomic E-state index is 0.745. The second-order valence-corrected chi connectivity index (χ2v) is 9.92. The number of likely N-dealkylation sites (tertiary alicyclic amines) is 1. The Morgan fingerprint density at radius 2 is 1.52 bits per heavy atom. The van der Waals surface area contributed by atoms with Crippen LogP contribution >= 0.6 is 0 Å². The first-order valence-corrected chi connectivity index (χ1v) is 11.0. The van der Waals surface area contributed by atoms with Gasteiger partial charge in [0.05, 0.1) is 0 Å². The van der Waals surface area contributed by atoms with Crippen molar-refractivity contribution in [3.63, 3.8) is 0 Å². The summed E-state index contributed by atoms with van der Waals surface area (Å²) >= 11 is 0. The van der Waals surface area contributed by atoms with Crippen molar-refractivity contribution in [1.29, 1.82) is 0 Å². The average Bonchev–Trinajstić information content (AvgIpc) is 3.12. The summed E-state index contributed by atoms with van der Waals surface area (Å²) in [5.41, 5.74) is 0.745. The summed E-state index contributed by atoms with van der Waals surface area (Å²) in [6.45, 7) is 0. The van der Waals surface area contributed by atoms with Crippen LogP contribution in [0.1, 0.15) is 89.9 Å². The lowest BCUT2D eigenvalue weighted by molar-refractivity contribution is -0.00543. The van der Waals surface area contributed by atoms with Crippen molar-refractivity contribution in [2.24, 2.45) is 29.1 Å². The standard InChI is InChI=1S/C22H37N/c1-23-20-13-7-8-14-22(20,17-10-3-2-4-11-17)19-15-16-9-5-6-12-18(16)21(19)23/h16-21H,2-15H2,1H3. The maximum atomic E-state index is 2.98. The minimum Gasteiger partial charge on any atom is -0.299 e. The minimum absolute atomic E-state index is 0.745. The van der Waals surface area contributed by atoms with Gasteiger partial charge >= 0.3 is 0 Å². The molecule has 4 aliphatic carbocycles. The van der Waals surface area contributed by atoms with Crippen molar-refractivity contribution < 1.29 is 0 Å². The molecule has 5 fully saturated rings. The van der Waals surface area contributed by atoms with Crippen LogP contribution in [0.25, 0.3) is 0 Å². The molecule has 0 aromatic heterocycles. The van der Waals surface area contributed by atoms with E-state index >= 15 is 0 Å². The van der Waals surface area contributed by atoms with Crippen LogP contribution in [0.4, 0.5) is 0 Å². The first kappa shape index (κ1) is 15.2. The molecule has 1 heterocycles. The van der Waals surface area contributed by atoms with Crippen molar-refractivity contribution in [3.8, 4) is 0 Å². The molecule has 0 spiro atoms. The van der Waals surface area contributed by atoms with Crippen molar-refractivity contribution in [2.75, 3.05) is 7.05 Å². The molecule has 0 bridgehead atoms. The number of hydrogen-bond acceptors (Lipinski definition) is 1. The molecular formula is C22H37N. The van der Waals surface area contributed by atoms with Crippen molar-refractivity contribution in [1.82, 2.24) is 4.90 Å². The molecule has 5 rings (SSSR count). The van der Waals surface area contributed by atoms with Crippen molar-refractivity contribution >= 4 is 0 Å². The van der Waals surface area contributed by atoms with Gasteiger partial charge < -0.3 is 0 Å². The van der Waals surface area contributed by atoms with E-state index in [-0.39, 0.29) is 0 Å². The van der Waals surface area contributed by atoms with Gasteiger partial charge in [0.25, 0.3) is 0 Å². The Labute approximate surface area is 143 Å². The predicted octanol–water partition coefficient (Wildman–Crippen LogP) is 5.64. The molecule has 5 aliphatic rings. The van der Waals surface area contributed by atoms with Crippen LogP contribution in [0.3, 0.4) is 0 Å². The van der Waals surface area contributed by atoms with E-state index in [1.54, 1.807) is 44.9 Å². The van der Waals surface area contributed by atoms with E-state index in [0.717, 1.165) is 41.2 Å². The fraction of sp³-hybridized carbons (Fsp3) is 1.00. The van der Waals surface area contributed by atoms with Crippen molar-refractivity contribution in [2.45, 2.75) is 102 Å². The predicted molar refractivity (Wildman–Crippen MR) is 96.4 cm³/mol. The number of fused-ring (bicyclic) bond motifs is 5. The van der Waals surface area contributed by atoms with Crippen LogP contribution in [-0.2, 0) is 0 Å². The Kier molecular flexibility index (Phi) is 3.81. The van der Waals surface area contributed by atoms with Gasteiger partial charge in [-0.15, -0.1) is 0 Å². The van der Waals surface area contributed by atoms with E-state index in [4.69, 9.17) is 0 Å². The highest BCUT2D eigenvalue weighted by Gasteiger charge is 2.65. The van der Waals surface area contributed by atoms with E-state index < -0.39 is 0 Å². The molecule has 0 aromatic carbocycles. The normalized spacial score (nSPS) is 51.3. The van der Waals surface area contributed by atoms with Gasteiger partial charge in [-0.05, 0) is 74.7 Å². The second-order valence-electron chi connectivity index (χ2n) is 9.92. The maximum absolute atomic E-state index is 2.98. The topological polar surface area (TPSA) is 3.24 Å². The number of nitrogens with zero attached hydrogens (tertiary/aromatic N) is 1. The molecule has 4 saturated carbocycles. The van der Waals surface area contributed by atoms with Crippen LogP contribution in [-0.4, -0.2) is 24.0 Å².